The second kappa shape index (κ2) is 9.15. The number of carbonyl (C=O) groups is 2. The van der Waals surface area contributed by atoms with E-state index < -0.39 is 5.97 Å². The number of ether oxygens (including phenoxy) is 2. The Hall–Kier alpha value is -3.18. The van der Waals surface area contributed by atoms with Crippen molar-refractivity contribution in [2.45, 2.75) is 19.6 Å². The molecule has 0 saturated heterocycles. The fraction of sp³-hybridized carbons (Fsp3) is 0.217. The molecule has 0 heterocycles. The molecule has 0 saturated carbocycles. The molecule has 5 nitrogen and oxygen atoms in total. The topological polar surface area (TPSA) is 64.6 Å². The monoisotopic (exact) mass is 377 g/mol. The van der Waals surface area contributed by atoms with E-state index in [2.05, 4.69) is 5.32 Å². The summed E-state index contributed by atoms with van der Waals surface area (Å²) in [5, 5.41) is 5.09. The van der Waals surface area contributed by atoms with E-state index in [1.165, 1.54) is 0 Å². The van der Waals surface area contributed by atoms with Crippen LogP contribution < -0.4 is 5.32 Å². The Balaban J connectivity index is 1.57. The third-order valence-corrected chi connectivity index (χ3v) is 4.50. The van der Waals surface area contributed by atoms with E-state index in [1.807, 2.05) is 49.4 Å². The first-order valence-corrected chi connectivity index (χ1v) is 9.10. The molecule has 1 amide bonds. The van der Waals surface area contributed by atoms with Gasteiger partial charge >= 0.3 is 5.97 Å². The Morgan fingerprint density at radius 1 is 0.964 bits per heavy atom. The van der Waals surface area contributed by atoms with Gasteiger partial charge in [-0.25, -0.2) is 4.79 Å². The van der Waals surface area contributed by atoms with Crippen molar-refractivity contribution in [3.05, 3.63) is 83.4 Å². The van der Waals surface area contributed by atoms with Crippen LogP contribution in [0.3, 0.4) is 0 Å². The summed E-state index contributed by atoms with van der Waals surface area (Å²) >= 11 is 0. The lowest BCUT2D eigenvalue weighted by Crippen LogP contribution is -2.31. The highest BCUT2D eigenvalue weighted by molar-refractivity contribution is 5.91. The van der Waals surface area contributed by atoms with E-state index >= 15 is 0 Å². The van der Waals surface area contributed by atoms with Gasteiger partial charge < -0.3 is 14.8 Å². The molecule has 0 bridgehead atoms. The van der Waals surface area contributed by atoms with Crippen LogP contribution in [0.1, 0.15) is 34.5 Å². The van der Waals surface area contributed by atoms with Crippen molar-refractivity contribution < 1.29 is 19.1 Å². The van der Waals surface area contributed by atoms with E-state index in [-0.39, 0.29) is 18.6 Å². The van der Waals surface area contributed by atoms with Gasteiger partial charge in [-0.2, -0.15) is 0 Å². The number of amides is 1. The van der Waals surface area contributed by atoms with Crippen LogP contribution in [0.5, 0.6) is 0 Å². The Labute approximate surface area is 164 Å². The molecule has 5 heteroatoms. The van der Waals surface area contributed by atoms with Gasteiger partial charge in [0, 0.05) is 7.11 Å². The average Bonchev–Trinajstić information content (AvgIpc) is 2.72. The molecule has 144 valence electrons. The van der Waals surface area contributed by atoms with Crippen LogP contribution in [-0.4, -0.2) is 25.6 Å². The lowest BCUT2D eigenvalue weighted by atomic mass is 10.00. The lowest BCUT2D eigenvalue weighted by Gasteiger charge is -2.16. The van der Waals surface area contributed by atoms with Crippen LogP contribution in [0.4, 0.5) is 0 Å². The molecule has 0 aliphatic rings. The van der Waals surface area contributed by atoms with Crippen LogP contribution in [-0.2, 0) is 20.9 Å². The van der Waals surface area contributed by atoms with Gasteiger partial charge in [0.2, 0.25) is 0 Å². The predicted molar refractivity (Wildman–Crippen MR) is 108 cm³/mol. The molecule has 0 radical (unpaired) electrons. The number of hydrogen-bond donors (Lipinski definition) is 1. The molecular formula is C23H23NO4. The minimum absolute atomic E-state index is 0.203. The van der Waals surface area contributed by atoms with Gasteiger partial charge in [0.1, 0.15) is 0 Å². The number of esters is 1. The zero-order valence-corrected chi connectivity index (χ0v) is 16.0. The van der Waals surface area contributed by atoms with Crippen molar-refractivity contribution in [1.29, 1.82) is 0 Å². The number of fused-ring (bicyclic) bond motifs is 1. The van der Waals surface area contributed by atoms with E-state index in [9.17, 15) is 9.59 Å². The van der Waals surface area contributed by atoms with Crippen LogP contribution in [0.25, 0.3) is 10.8 Å². The highest BCUT2D eigenvalue weighted by atomic mass is 16.5. The Kier molecular flexibility index (Phi) is 6.40. The first-order valence-electron chi connectivity index (χ1n) is 9.10. The molecule has 3 rings (SSSR count). The molecule has 3 aromatic rings. The van der Waals surface area contributed by atoms with E-state index in [4.69, 9.17) is 9.47 Å². The first kappa shape index (κ1) is 19.6. The second-order valence-corrected chi connectivity index (χ2v) is 6.56. The fourth-order valence-electron chi connectivity index (χ4n) is 3.11. The molecule has 1 N–H and O–H groups in total. The zero-order chi connectivity index (χ0) is 19.9. The molecule has 0 aliphatic carbocycles. The molecule has 1 atom stereocenters. The van der Waals surface area contributed by atoms with Gasteiger partial charge in [0.25, 0.3) is 5.91 Å². The molecule has 0 fully saturated rings. The summed E-state index contributed by atoms with van der Waals surface area (Å²) in [5.74, 6) is -0.873. The quantitative estimate of drug-likeness (QED) is 0.632. The molecule has 0 aromatic heterocycles. The maximum atomic E-state index is 12.2. The standard InChI is InChI=1S/C23H23NO4/c1-16(20-9-5-7-18-6-3-4-8-21(18)20)24-22(25)15-28-23(26)19-12-10-17(11-13-19)14-27-2/h3-13,16H,14-15H2,1-2H3,(H,24,25). The Morgan fingerprint density at radius 3 is 2.43 bits per heavy atom. The lowest BCUT2D eigenvalue weighted by molar-refractivity contribution is -0.124. The third kappa shape index (κ3) is 4.75. The predicted octanol–water partition coefficient (Wildman–Crippen LogP) is 4.02. The van der Waals surface area contributed by atoms with E-state index in [0.717, 1.165) is 21.9 Å². The fourth-order valence-corrected chi connectivity index (χ4v) is 3.11. The van der Waals surface area contributed by atoms with Crippen LogP contribution in [0, 0.1) is 0 Å². The molecule has 0 spiro atoms. The maximum absolute atomic E-state index is 12.2. The minimum Gasteiger partial charge on any atom is -0.452 e. The second-order valence-electron chi connectivity index (χ2n) is 6.56. The minimum atomic E-state index is -0.531. The van der Waals surface area contributed by atoms with Gasteiger partial charge in [0.15, 0.2) is 6.61 Å². The SMILES string of the molecule is COCc1ccc(C(=O)OCC(=O)NC(C)c2cccc3ccccc23)cc1. The number of benzene rings is 3. The van der Waals surface area contributed by atoms with Crippen molar-refractivity contribution in [2.75, 3.05) is 13.7 Å². The first-order chi connectivity index (χ1) is 13.6. The summed E-state index contributed by atoms with van der Waals surface area (Å²) in [6.45, 7) is 2.06. The summed E-state index contributed by atoms with van der Waals surface area (Å²) < 4.78 is 10.2. The van der Waals surface area contributed by atoms with E-state index in [1.54, 1.807) is 31.4 Å². The summed E-state index contributed by atoms with van der Waals surface area (Å²) in [6.07, 6.45) is 0. The van der Waals surface area contributed by atoms with Crippen molar-refractivity contribution in [1.82, 2.24) is 5.32 Å². The smallest absolute Gasteiger partial charge is 0.338 e. The number of hydrogen-bond acceptors (Lipinski definition) is 4. The number of carbonyl (C=O) groups excluding carboxylic acids is 2. The average molecular weight is 377 g/mol. The normalized spacial score (nSPS) is 11.8. The molecule has 0 aliphatic heterocycles. The van der Waals surface area contributed by atoms with E-state index in [0.29, 0.717) is 12.2 Å². The number of methoxy groups -OCH3 is 1. The third-order valence-electron chi connectivity index (χ3n) is 4.50. The summed E-state index contributed by atoms with van der Waals surface area (Å²) in [5.41, 5.74) is 2.38. The van der Waals surface area contributed by atoms with Crippen LogP contribution in [0.15, 0.2) is 66.7 Å². The molecule has 1 unspecified atom stereocenters. The van der Waals surface area contributed by atoms with Crippen molar-refractivity contribution >= 4 is 22.6 Å². The van der Waals surface area contributed by atoms with Gasteiger partial charge in [-0.3, -0.25) is 4.79 Å². The summed E-state index contributed by atoms with van der Waals surface area (Å²) in [6, 6.07) is 20.7. The number of nitrogens with one attached hydrogen (secondary N) is 1. The summed E-state index contributed by atoms with van der Waals surface area (Å²) in [7, 11) is 1.61. The molecular weight excluding hydrogens is 354 g/mol. The summed E-state index contributed by atoms with van der Waals surface area (Å²) in [4.78, 5) is 24.3. The zero-order valence-electron chi connectivity index (χ0n) is 16.0. The van der Waals surface area contributed by atoms with Gasteiger partial charge in [-0.05, 0) is 41.0 Å². The van der Waals surface area contributed by atoms with Crippen LogP contribution >= 0.6 is 0 Å². The Bertz CT molecular complexity index is 961. The largest absolute Gasteiger partial charge is 0.452 e. The highest BCUT2D eigenvalue weighted by Crippen LogP contribution is 2.23. The van der Waals surface area contributed by atoms with Gasteiger partial charge in [-0.1, -0.05) is 54.6 Å². The van der Waals surface area contributed by atoms with Crippen molar-refractivity contribution in [2.24, 2.45) is 0 Å². The molecule has 3 aromatic carbocycles. The van der Waals surface area contributed by atoms with Crippen molar-refractivity contribution in [3.63, 3.8) is 0 Å². The van der Waals surface area contributed by atoms with Crippen molar-refractivity contribution in [3.8, 4) is 0 Å². The maximum Gasteiger partial charge on any atom is 0.338 e. The highest BCUT2D eigenvalue weighted by Gasteiger charge is 2.14. The number of rotatable bonds is 7. The van der Waals surface area contributed by atoms with Gasteiger partial charge in [0.05, 0.1) is 18.2 Å². The Morgan fingerprint density at radius 2 is 1.68 bits per heavy atom. The molecule has 28 heavy (non-hydrogen) atoms. The van der Waals surface area contributed by atoms with Gasteiger partial charge in [-0.15, -0.1) is 0 Å². The van der Waals surface area contributed by atoms with Crippen LogP contribution in [0.2, 0.25) is 0 Å².